The second kappa shape index (κ2) is 11.8. The molecule has 224 valence electrons. The molecule has 0 radical (unpaired) electrons. The molecule has 42 heavy (non-hydrogen) atoms. The van der Waals surface area contributed by atoms with Gasteiger partial charge in [0.05, 0.1) is 28.1 Å². The smallest absolute Gasteiger partial charge is 0.355 e. The molecular formula is C29H29F6N5OS. The predicted octanol–water partition coefficient (Wildman–Crippen LogP) is 7.53. The number of amides is 1. The number of nitrogens with zero attached hydrogens (tertiary/aromatic N) is 5. The van der Waals surface area contributed by atoms with Crippen LogP contribution in [0, 0.1) is 0 Å². The van der Waals surface area contributed by atoms with Gasteiger partial charge in [-0.05, 0) is 79.2 Å². The maximum absolute atomic E-state index is 13.6. The lowest BCUT2D eigenvalue weighted by molar-refractivity contribution is -0.143. The molecule has 1 aromatic heterocycles. The quantitative estimate of drug-likeness (QED) is 0.271. The SMILES string of the molecule is CCN(CC)C1CCN(C2=NC(=O)S/C2=C\c2ccc3nn(Cc4ccc(C(F)(F)F)cc4C(F)(F)F)cc3c2)CC1. The van der Waals surface area contributed by atoms with Gasteiger partial charge in [0.2, 0.25) is 0 Å². The van der Waals surface area contributed by atoms with Crippen molar-refractivity contribution in [3.63, 3.8) is 0 Å². The average molecular weight is 610 g/mol. The van der Waals surface area contributed by atoms with Crippen LogP contribution >= 0.6 is 11.8 Å². The molecule has 0 N–H and O–H groups in total. The van der Waals surface area contributed by atoms with Crippen LogP contribution in [0.25, 0.3) is 17.0 Å². The number of likely N-dealkylation sites (tertiary alicyclic amines) is 1. The number of rotatable bonds is 6. The lowest BCUT2D eigenvalue weighted by atomic mass is 10.0. The molecule has 0 atom stereocenters. The van der Waals surface area contributed by atoms with Crippen LogP contribution < -0.4 is 0 Å². The average Bonchev–Trinajstić information content (AvgIpc) is 3.50. The van der Waals surface area contributed by atoms with E-state index in [1.54, 1.807) is 24.4 Å². The van der Waals surface area contributed by atoms with Crippen LogP contribution in [0.15, 0.2) is 52.5 Å². The summed E-state index contributed by atoms with van der Waals surface area (Å²) in [5.41, 5.74) is -1.76. The molecule has 3 aromatic rings. The van der Waals surface area contributed by atoms with Crippen molar-refractivity contribution in [1.29, 1.82) is 0 Å². The van der Waals surface area contributed by atoms with E-state index in [4.69, 9.17) is 0 Å². The number of amidine groups is 1. The van der Waals surface area contributed by atoms with E-state index in [9.17, 15) is 31.1 Å². The fraction of sp³-hybridized carbons (Fsp3) is 0.414. The summed E-state index contributed by atoms with van der Waals surface area (Å²) >= 11 is 1.06. The highest BCUT2D eigenvalue weighted by atomic mass is 32.2. The number of piperidine rings is 1. The van der Waals surface area contributed by atoms with Gasteiger partial charge in [0.1, 0.15) is 5.84 Å². The molecule has 1 fully saturated rings. The van der Waals surface area contributed by atoms with Crippen LogP contribution in [0.3, 0.4) is 0 Å². The Kier molecular flexibility index (Phi) is 8.44. The standard InChI is InChI=1S/C29H29F6N5OS/c1-3-38(4-2)22-9-11-39(12-10-22)26-25(42-27(41)36-26)14-18-5-8-24-20(13-18)17-40(37-24)16-19-6-7-21(28(30,31)32)15-23(19)29(33,34)35/h5-8,13-15,17,22H,3-4,9-12,16H2,1-2H3/b25-14-. The number of halogens is 6. The summed E-state index contributed by atoms with van der Waals surface area (Å²) in [5, 5.41) is 4.67. The summed E-state index contributed by atoms with van der Waals surface area (Å²) in [6.45, 7) is 7.53. The van der Waals surface area contributed by atoms with Gasteiger partial charge in [-0.25, -0.2) is 0 Å². The lowest BCUT2D eigenvalue weighted by Gasteiger charge is -2.38. The lowest BCUT2D eigenvalue weighted by Crippen LogP contribution is -2.46. The van der Waals surface area contributed by atoms with Crippen molar-refractivity contribution in [2.45, 2.75) is 51.6 Å². The Labute approximate surface area is 243 Å². The van der Waals surface area contributed by atoms with E-state index in [0.29, 0.717) is 28.8 Å². The second-order valence-corrected chi connectivity index (χ2v) is 11.3. The predicted molar refractivity (Wildman–Crippen MR) is 151 cm³/mol. The van der Waals surface area contributed by atoms with Crippen LogP contribution in [0.4, 0.5) is 31.1 Å². The number of alkyl halides is 6. The van der Waals surface area contributed by atoms with Crippen LogP contribution in [0.1, 0.15) is 48.9 Å². The van der Waals surface area contributed by atoms with Crippen molar-refractivity contribution in [3.8, 4) is 0 Å². The number of aliphatic imine (C=N–C) groups is 1. The summed E-state index contributed by atoms with van der Waals surface area (Å²) in [4.78, 5) is 21.9. The zero-order valence-electron chi connectivity index (χ0n) is 23.0. The highest BCUT2D eigenvalue weighted by molar-refractivity contribution is 8.18. The molecule has 1 saturated heterocycles. The van der Waals surface area contributed by atoms with Crippen LogP contribution in [0.5, 0.6) is 0 Å². The Hall–Kier alpha value is -3.32. The number of thioether (sulfide) groups is 1. The Morgan fingerprint density at radius 3 is 2.36 bits per heavy atom. The topological polar surface area (TPSA) is 53.7 Å². The fourth-order valence-electron chi connectivity index (χ4n) is 5.55. The summed E-state index contributed by atoms with van der Waals surface area (Å²) in [5.74, 6) is 0.653. The van der Waals surface area contributed by atoms with E-state index in [1.807, 2.05) is 6.08 Å². The van der Waals surface area contributed by atoms with E-state index < -0.39 is 23.5 Å². The molecule has 0 spiro atoms. The number of benzene rings is 2. The molecule has 13 heteroatoms. The number of carbonyl (C=O) groups excluding carboxylic acids is 1. The molecule has 2 aliphatic heterocycles. The molecule has 0 bridgehead atoms. The van der Waals surface area contributed by atoms with Crippen molar-refractivity contribution in [3.05, 3.63) is 69.8 Å². The molecule has 1 amide bonds. The molecular weight excluding hydrogens is 580 g/mol. The van der Waals surface area contributed by atoms with Gasteiger partial charge in [-0.3, -0.25) is 9.48 Å². The van der Waals surface area contributed by atoms with E-state index in [0.717, 1.165) is 67.3 Å². The first-order chi connectivity index (χ1) is 19.9. The van der Waals surface area contributed by atoms with Crippen molar-refractivity contribution in [2.75, 3.05) is 26.2 Å². The summed E-state index contributed by atoms with van der Waals surface area (Å²) in [7, 11) is 0. The normalized spacial score (nSPS) is 18.1. The summed E-state index contributed by atoms with van der Waals surface area (Å²) < 4.78 is 81.2. The minimum absolute atomic E-state index is 0.134. The van der Waals surface area contributed by atoms with Gasteiger partial charge in [-0.15, -0.1) is 0 Å². The molecule has 3 heterocycles. The third-order valence-corrected chi connectivity index (χ3v) is 8.44. The van der Waals surface area contributed by atoms with Crippen molar-refractivity contribution < 1.29 is 31.1 Å². The van der Waals surface area contributed by atoms with Crippen LogP contribution in [-0.2, 0) is 18.9 Å². The Balaban J connectivity index is 1.36. The zero-order valence-corrected chi connectivity index (χ0v) is 23.8. The highest BCUT2D eigenvalue weighted by Gasteiger charge is 2.38. The molecule has 0 unspecified atom stereocenters. The number of carbonyl (C=O) groups is 1. The number of hydrogen-bond donors (Lipinski definition) is 0. The Morgan fingerprint density at radius 2 is 1.71 bits per heavy atom. The Morgan fingerprint density at radius 1 is 1.00 bits per heavy atom. The van der Waals surface area contributed by atoms with Crippen molar-refractivity contribution in [1.82, 2.24) is 19.6 Å². The van der Waals surface area contributed by atoms with Crippen LogP contribution in [0.2, 0.25) is 0 Å². The van der Waals surface area contributed by atoms with E-state index >= 15 is 0 Å². The maximum Gasteiger partial charge on any atom is 0.416 e. The maximum atomic E-state index is 13.6. The number of aromatic nitrogens is 2. The monoisotopic (exact) mass is 609 g/mol. The van der Waals surface area contributed by atoms with Gasteiger partial charge < -0.3 is 9.80 Å². The van der Waals surface area contributed by atoms with Crippen molar-refractivity contribution in [2.24, 2.45) is 4.99 Å². The largest absolute Gasteiger partial charge is 0.416 e. The second-order valence-electron chi connectivity index (χ2n) is 10.3. The molecule has 5 rings (SSSR count). The van der Waals surface area contributed by atoms with Gasteiger partial charge in [-0.2, -0.15) is 36.4 Å². The third-order valence-electron chi connectivity index (χ3n) is 7.66. The molecule has 6 nitrogen and oxygen atoms in total. The third kappa shape index (κ3) is 6.51. The molecule has 2 aliphatic rings. The Bertz CT molecular complexity index is 1530. The highest BCUT2D eigenvalue weighted by Crippen LogP contribution is 2.38. The fourth-order valence-corrected chi connectivity index (χ4v) is 6.34. The van der Waals surface area contributed by atoms with Gasteiger partial charge in [0.15, 0.2) is 0 Å². The number of hydrogen-bond acceptors (Lipinski definition) is 5. The summed E-state index contributed by atoms with van der Waals surface area (Å²) in [6.07, 6.45) is -4.48. The zero-order chi connectivity index (χ0) is 30.2. The minimum atomic E-state index is -4.96. The first-order valence-electron chi connectivity index (χ1n) is 13.6. The van der Waals surface area contributed by atoms with Crippen LogP contribution in [-0.4, -0.2) is 62.9 Å². The van der Waals surface area contributed by atoms with E-state index in [1.165, 1.54) is 4.68 Å². The van der Waals surface area contributed by atoms with Crippen molar-refractivity contribution >= 4 is 39.8 Å². The molecule has 0 aliphatic carbocycles. The number of fused-ring (bicyclic) bond motifs is 1. The van der Waals surface area contributed by atoms with Gasteiger partial charge in [0.25, 0.3) is 0 Å². The first kappa shape index (κ1) is 30.1. The molecule has 2 aromatic carbocycles. The van der Waals surface area contributed by atoms with Gasteiger partial charge in [-0.1, -0.05) is 26.0 Å². The van der Waals surface area contributed by atoms with E-state index in [-0.39, 0.29) is 23.4 Å². The summed E-state index contributed by atoms with van der Waals surface area (Å²) in [6, 6.07) is 7.43. The molecule has 0 saturated carbocycles. The van der Waals surface area contributed by atoms with Gasteiger partial charge in [0, 0.05) is 30.7 Å². The first-order valence-corrected chi connectivity index (χ1v) is 14.4. The van der Waals surface area contributed by atoms with E-state index in [2.05, 4.69) is 33.7 Å². The minimum Gasteiger partial charge on any atom is -0.355 e. The van der Waals surface area contributed by atoms with Gasteiger partial charge >= 0.3 is 17.6 Å².